The summed E-state index contributed by atoms with van der Waals surface area (Å²) in [5.41, 5.74) is 0.436. The first-order valence-electron chi connectivity index (χ1n) is 11.7. The summed E-state index contributed by atoms with van der Waals surface area (Å²) in [6.45, 7) is 4.69. The Hall–Kier alpha value is -3.73. The van der Waals surface area contributed by atoms with Gasteiger partial charge in [0.1, 0.15) is 5.82 Å². The van der Waals surface area contributed by atoms with Crippen LogP contribution in [0.2, 0.25) is 0 Å². The first kappa shape index (κ1) is 32.5. The van der Waals surface area contributed by atoms with Crippen molar-refractivity contribution in [3.05, 3.63) is 48.3 Å². The van der Waals surface area contributed by atoms with Crippen molar-refractivity contribution in [2.75, 3.05) is 32.8 Å². The second kappa shape index (κ2) is 13.6. The van der Waals surface area contributed by atoms with Gasteiger partial charge in [0.2, 0.25) is 0 Å². The van der Waals surface area contributed by atoms with Gasteiger partial charge in [-0.25, -0.2) is 14.6 Å². The number of piperidine rings is 1. The molecular weight excluding hydrogens is 556 g/mol. The summed E-state index contributed by atoms with van der Waals surface area (Å²) in [6, 6.07) is 3.63. The highest BCUT2D eigenvalue weighted by Crippen LogP contribution is 2.31. The van der Waals surface area contributed by atoms with Crippen molar-refractivity contribution in [3.8, 4) is 0 Å². The Morgan fingerprint density at radius 1 is 1.00 bits per heavy atom. The number of hydrogen-bond donors (Lipinski definition) is 2. The van der Waals surface area contributed by atoms with Crippen molar-refractivity contribution >= 4 is 17.8 Å². The summed E-state index contributed by atoms with van der Waals surface area (Å²) in [5.74, 6) is -4.38. The monoisotopic (exact) mass is 583 g/mol. The molecule has 2 aromatic heterocycles. The summed E-state index contributed by atoms with van der Waals surface area (Å²) in [4.78, 5) is 43.4. The van der Waals surface area contributed by atoms with E-state index >= 15 is 0 Å². The molecule has 0 unspecified atom stereocenters. The third-order valence-corrected chi connectivity index (χ3v) is 5.98. The maximum atomic E-state index is 12.7. The van der Waals surface area contributed by atoms with Gasteiger partial charge in [0.15, 0.2) is 0 Å². The van der Waals surface area contributed by atoms with E-state index in [1.54, 1.807) is 18.5 Å². The van der Waals surface area contributed by atoms with Gasteiger partial charge in [-0.05, 0) is 25.0 Å². The topological polar surface area (TPSA) is 138 Å². The first-order chi connectivity index (χ1) is 18.5. The number of aryl methyl sites for hydroxylation is 1. The van der Waals surface area contributed by atoms with Crippen LogP contribution in [-0.4, -0.2) is 103 Å². The fraction of sp³-hybridized carbons (Fsp3) is 0.522. The molecule has 0 aliphatic carbocycles. The van der Waals surface area contributed by atoms with Crippen LogP contribution in [0.1, 0.15) is 29.0 Å². The Kier molecular flexibility index (Phi) is 11.0. The number of carboxylic acid groups (broad SMARTS) is 2. The van der Waals surface area contributed by atoms with E-state index in [4.69, 9.17) is 24.5 Å². The van der Waals surface area contributed by atoms with Crippen LogP contribution >= 0.6 is 0 Å². The predicted molar refractivity (Wildman–Crippen MR) is 124 cm³/mol. The largest absolute Gasteiger partial charge is 0.490 e. The van der Waals surface area contributed by atoms with E-state index in [2.05, 4.69) is 19.4 Å². The molecule has 1 amide bonds. The quantitative estimate of drug-likeness (QED) is 0.523. The third-order valence-electron chi connectivity index (χ3n) is 5.98. The molecule has 2 aliphatic heterocycles. The molecule has 17 heteroatoms. The maximum Gasteiger partial charge on any atom is 0.490 e. The summed E-state index contributed by atoms with van der Waals surface area (Å²) < 4.78 is 71.7. The minimum Gasteiger partial charge on any atom is -0.475 e. The Bertz CT molecular complexity index is 1110. The fourth-order valence-corrected chi connectivity index (χ4v) is 3.86. The lowest BCUT2D eigenvalue weighted by Crippen LogP contribution is -2.58. The summed E-state index contributed by atoms with van der Waals surface area (Å²) in [6.07, 6.45) is -1.14. The number of ether oxygens (including phenoxy) is 1. The smallest absolute Gasteiger partial charge is 0.475 e. The minimum atomic E-state index is -5.08. The molecule has 4 heterocycles. The molecule has 0 saturated carbocycles. The molecule has 0 atom stereocenters. The average molecular weight is 583 g/mol. The van der Waals surface area contributed by atoms with Gasteiger partial charge in [-0.1, -0.05) is 0 Å². The minimum absolute atomic E-state index is 0.0521. The summed E-state index contributed by atoms with van der Waals surface area (Å²) in [5, 5.41) is 14.2. The number of carbonyl (C=O) groups is 3. The number of imidazole rings is 1. The van der Waals surface area contributed by atoms with Gasteiger partial charge in [0.05, 0.1) is 30.9 Å². The van der Waals surface area contributed by atoms with Gasteiger partial charge in [-0.15, -0.1) is 0 Å². The number of amides is 1. The van der Waals surface area contributed by atoms with Crippen molar-refractivity contribution in [1.82, 2.24) is 24.3 Å². The average Bonchev–Trinajstić information content (AvgIpc) is 3.29. The van der Waals surface area contributed by atoms with Crippen LogP contribution in [0.25, 0.3) is 0 Å². The zero-order chi connectivity index (χ0) is 30.1. The van der Waals surface area contributed by atoms with Crippen LogP contribution in [0, 0.1) is 0 Å². The van der Waals surface area contributed by atoms with E-state index in [1.807, 2.05) is 30.4 Å². The van der Waals surface area contributed by atoms with Crippen LogP contribution in [0.5, 0.6) is 0 Å². The standard InChI is InChI=1S/C19H25N5O2.2C2HF3O2/c1-22-10-7-21-17(22)14-23-8-4-19(5-9-23)15-24(11-12-26-19)18(25)16-3-2-6-20-13-16;2*3-2(4,5)1(6)7/h2-3,6-7,10,13H,4-5,8-9,11-12,14-15H2,1H3;2*(H,6,7). The fourth-order valence-electron chi connectivity index (χ4n) is 3.86. The lowest BCUT2D eigenvalue weighted by atomic mass is 9.89. The highest BCUT2D eigenvalue weighted by molar-refractivity contribution is 5.94. The van der Waals surface area contributed by atoms with Crippen LogP contribution in [0.15, 0.2) is 36.9 Å². The molecule has 2 saturated heterocycles. The van der Waals surface area contributed by atoms with E-state index in [1.165, 1.54) is 0 Å². The normalized spacial score (nSPS) is 17.2. The van der Waals surface area contributed by atoms with Gasteiger partial charge in [0, 0.05) is 51.5 Å². The molecule has 2 aliphatic rings. The number of hydrogen-bond acceptors (Lipinski definition) is 7. The Morgan fingerprint density at radius 2 is 1.57 bits per heavy atom. The predicted octanol–water partition coefficient (Wildman–Crippen LogP) is 2.59. The number of likely N-dealkylation sites (tertiary alicyclic amines) is 1. The summed E-state index contributed by atoms with van der Waals surface area (Å²) >= 11 is 0. The number of pyridine rings is 1. The number of nitrogens with zero attached hydrogens (tertiary/aromatic N) is 5. The van der Waals surface area contributed by atoms with Crippen LogP contribution in [0.3, 0.4) is 0 Å². The van der Waals surface area contributed by atoms with Crippen molar-refractivity contribution in [1.29, 1.82) is 0 Å². The lowest BCUT2D eigenvalue weighted by Gasteiger charge is -2.47. The van der Waals surface area contributed by atoms with Crippen molar-refractivity contribution in [2.24, 2.45) is 7.05 Å². The Morgan fingerprint density at radius 3 is 2.02 bits per heavy atom. The number of morpholine rings is 1. The Balaban J connectivity index is 0.000000333. The molecule has 2 fully saturated rings. The van der Waals surface area contributed by atoms with Crippen LogP contribution in [0.4, 0.5) is 26.3 Å². The number of aromatic nitrogens is 3. The second-order valence-electron chi connectivity index (χ2n) is 8.84. The van der Waals surface area contributed by atoms with Crippen molar-refractivity contribution in [2.45, 2.75) is 37.3 Å². The summed E-state index contributed by atoms with van der Waals surface area (Å²) in [7, 11) is 2.03. The number of alkyl halides is 6. The second-order valence-corrected chi connectivity index (χ2v) is 8.84. The van der Waals surface area contributed by atoms with E-state index in [0.717, 1.165) is 38.3 Å². The molecule has 0 radical (unpaired) electrons. The first-order valence-corrected chi connectivity index (χ1v) is 11.7. The highest BCUT2D eigenvalue weighted by Gasteiger charge is 2.41. The molecule has 0 bridgehead atoms. The molecule has 40 heavy (non-hydrogen) atoms. The van der Waals surface area contributed by atoms with Gasteiger partial charge < -0.3 is 24.4 Å². The molecule has 2 N–H and O–H groups in total. The molecule has 222 valence electrons. The number of carboxylic acids is 2. The van der Waals surface area contributed by atoms with Crippen molar-refractivity contribution in [3.63, 3.8) is 0 Å². The number of halogens is 6. The molecule has 1 spiro atoms. The third kappa shape index (κ3) is 9.78. The maximum absolute atomic E-state index is 12.7. The Labute approximate surface area is 224 Å². The van der Waals surface area contributed by atoms with Gasteiger partial charge in [0.25, 0.3) is 5.91 Å². The highest BCUT2D eigenvalue weighted by atomic mass is 19.4. The van der Waals surface area contributed by atoms with Gasteiger partial charge in [-0.3, -0.25) is 14.7 Å². The lowest BCUT2D eigenvalue weighted by molar-refractivity contribution is -0.193. The molecule has 0 aromatic carbocycles. The number of carbonyl (C=O) groups excluding carboxylic acids is 1. The van der Waals surface area contributed by atoms with Crippen LogP contribution < -0.4 is 0 Å². The zero-order valence-electron chi connectivity index (χ0n) is 21.2. The number of rotatable bonds is 3. The van der Waals surface area contributed by atoms with E-state index in [9.17, 15) is 31.1 Å². The van der Waals surface area contributed by atoms with Gasteiger partial charge >= 0.3 is 24.3 Å². The molecule has 4 rings (SSSR count). The van der Waals surface area contributed by atoms with E-state index < -0.39 is 24.3 Å². The van der Waals surface area contributed by atoms with E-state index in [-0.39, 0.29) is 11.5 Å². The van der Waals surface area contributed by atoms with E-state index in [0.29, 0.717) is 25.3 Å². The SMILES string of the molecule is Cn1ccnc1CN1CCC2(CC1)CN(C(=O)c1cccnc1)CCO2.O=C(O)C(F)(F)F.O=C(O)C(F)(F)F. The molecule has 11 nitrogen and oxygen atoms in total. The zero-order valence-corrected chi connectivity index (χ0v) is 21.2. The van der Waals surface area contributed by atoms with Crippen molar-refractivity contribution < 1.29 is 55.7 Å². The van der Waals surface area contributed by atoms with Gasteiger partial charge in [-0.2, -0.15) is 26.3 Å². The number of aliphatic carboxylic acids is 2. The molecular formula is C23H27F6N5O6. The van der Waals surface area contributed by atoms with Crippen LogP contribution in [-0.2, 0) is 27.9 Å². The molecule has 2 aromatic rings.